The van der Waals surface area contributed by atoms with E-state index in [-0.39, 0.29) is 6.09 Å². The highest BCUT2D eigenvalue weighted by Crippen LogP contribution is 2.31. The van der Waals surface area contributed by atoms with Crippen LogP contribution in [0, 0.1) is 0 Å². The van der Waals surface area contributed by atoms with E-state index in [0.717, 1.165) is 17.9 Å². The van der Waals surface area contributed by atoms with Gasteiger partial charge in [0.2, 0.25) is 0 Å². The zero-order chi connectivity index (χ0) is 12.8. The summed E-state index contributed by atoms with van der Waals surface area (Å²) >= 11 is 0. The first-order chi connectivity index (χ1) is 8.81. The van der Waals surface area contributed by atoms with E-state index < -0.39 is 0 Å². The smallest absolute Gasteiger partial charge is 0.410 e. The minimum atomic E-state index is -0.235. The number of ether oxygens (including phenoxy) is 1. The second kappa shape index (κ2) is 6.95. The number of amides is 1. The van der Waals surface area contributed by atoms with Crippen LogP contribution in [0.15, 0.2) is 30.3 Å². The zero-order valence-electron chi connectivity index (χ0n) is 10.4. The highest BCUT2D eigenvalue weighted by atomic mass is 33.1. The molecule has 1 saturated heterocycles. The topological polar surface area (TPSA) is 29.5 Å². The molecule has 0 radical (unpaired) electrons. The molecule has 1 unspecified atom stereocenters. The van der Waals surface area contributed by atoms with E-state index >= 15 is 0 Å². The van der Waals surface area contributed by atoms with Crippen LogP contribution in [0.2, 0.25) is 0 Å². The van der Waals surface area contributed by atoms with Crippen molar-refractivity contribution in [3.8, 4) is 5.75 Å². The van der Waals surface area contributed by atoms with Gasteiger partial charge in [0.25, 0.3) is 0 Å². The van der Waals surface area contributed by atoms with Gasteiger partial charge in [-0.15, -0.1) is 0 Å². The lowest BCUT2D eigenvalue weighted by atomic mass is 10.2. The van der Waals surface area contributed by atoms with Gasteiger partial charge in [-0.1, -0.05) is 39.8 Å². The van der Waals surface area contributed by atoms with E-state index in [4.69, 9.17) is 4.74 Å². The second-order valence-corrected chi connectivity index (χ2v) is 6.64. The number of carbonyl (C=O) groups excluding carboxylic acids is 1. The van der Waals surface area contributed by atoms with E-state index in [1.165, 1.54) is 0 Å². The van der Waals surface area contributed by atoms with Crippen molar-refractivity contribution >= 4 is 27.7 Å². The molecule has 0 bridgehead atoms. The Hall–Kier alpha value is -0.810. The lowest BCUT2D eigenvalue weighted by Gasteiger charge is -2.31. The largest absolute Gasteiger partial charge is 0.415 e. The third kappa shape index (κ3) is 3.59. The third-order valence-corrected chi connectivity index (χ3v) is 5.34. The van der Waals surface area contributed by atoms with E-state index in [2.05, 4.69) is 0 Å². The average molecular weight is 283 g/mol. The number of carbonyl (C=O) groups is 1. The molecular formula is C13H17NO2S2. The normalized spacial score (nSPS) is 19.3. The fourth-order valence-electron chi connectivity index (χ4n) is 1.88. The summed E-state index contributed by atoms with van der Waals surface area (Å²) < 4.78 is 5.39. The predicted molar refractivity (Wildman–Crippen MR) is 78.2 cm³/mol. The lowest BCUT2D eigenvalue weighted by Crippen LogP contribution is -2.44. The molecule has 2 rings (SSSR count). The molecule has 0 saturated carbocycles. The molecule has 1 amide bonds. The van der Waals surface area contributed by atoms with Gasteiger partial charge in [-0.3, -0.25) is 0 Å². The molecular weight excluding hydrogens is 266 g/mol. The molecule has 0 N–H and O–H groups in total. The van der Waals surface area contributed by atoms with Gasteiger partial charge in [0, 0.05) is 24.1 Å². The number of para-hydroxylation sites is 1. The molecule has 1 aromatic carbocycles. The summed E-state index contributed by atoms with van der Waals surface area (Å²) in [6.45, 7) is 2.69. The van der Waals surface area contributed by atoms with Crippen LogP contribution < -0.4 is 4.74 Å². The number of hydrogen-bond donors (Lipinski definition) is 0. The van der Waals surface area contributed by atoms with Crippen LogP contribution in [-0.4, -0.2) is 35.1 Å². The maximum Gasteiger partial charge on any atom is 0.415 e. The van der Waals surface area contributed by atoms with Gasteiger partial charge in [-0.05, 0) is 25.5 Å². The molecule has 3 nitrogen and oxygen atoms in total. The Morgan fingerprint density at radius 3 is 2.78 bits per heavy atom. The number of rotatable bonds is 3. The first-order valence-corrected chi connectivity index (χ1v) is 8.58. The summed E-state index contributed by atoms with van der Waals surface area (Å²) in [4.78, 5) is 14.0. The zero-order valence-corrected chi connectivity index (χ0v) is 12.0. The van der Waals surface area contributed by atoms with Crippen LogP contribution in [0.1, 0.15) is 13.3 Å². The first kappa shape index (κ1) is 13.6. The van der Waals surface area contributed by atoms with E-state index in [9.17, 15) is 4.79 Å². The quantitative estimate of drug-likeness (QED) is 0.792. The molecule has 1 aliphatic rings. The Kier molecular flexibility index (Phi) is 5.26. The van der Waals surface area contributed by atoms with Gasteiger partial charge in [0.15, 0.2) is 0 Å². The van der Waals surface area contributed by atoms with Gasteiger partial charge in [-0.25, -0.2) is 4.79 Å². The molecule has 5 heteroatoms. The lowest BCUT2D eigenvalue weighted by molar-refractivity contribution is 0.138. The Balaban J connectivity index is 1.96. The first-order valence-electron chi connectivity index (χ1n) is 6.09. The molecule has 0 spiro atoms. The van der Waals surface area contributed by atoms with Crippen molar-refractivity contribution in [1.29, 1.82) is 0 Å². The average Bonchev–Trinajstić information content (AvgIpc) is 2.42. The van der Waals surface area contributed by atoms with E-state index in [1.54, 1.807) is 12.1 Å². The highest BCUT2D eigenvalue weighted by Gasteiger charge is 2.26. The fourth-order valence-corrected chi connectivity index (χ4v) is 4.37. The van der Waals surface area contributed by atoms with Crippen molar-refractivity contribution in [3.05, 3.63) is 30.3 Å². The van der Waals surface area contributed by atoms with Crippen molar-refractivity contribution in [2.45, 2.75) is 19.4 Å². The summed E-state index contributed by atoms with van der Waals surface area (Å²) in [5.74, 6) is 2.70. The van der Waals surface area contributed by atoms with Crippen LogP contribution in [0.25, 0.3) is 0 Å². The minimum absolute atomic E-state index is 0.235. The van der Waals surface area contributed by atoms with E-state index in [1.807, 2.05) is 51.6 Å². The SMILES string of the molecule is CCN(C(=O)Oc1ccccc1)C1CCSSC1. The van der Waals surface area contributed by atoms with Crippen LogP contribution in [0.4, 0.5) is 4.79 Å². The maximum absolute atomic E-state index is 12.1. The maximum atomic E-state index is 12.1. The third-order valence-electron chi connectivity index (χ3n) is 2.84. The summed E-state index contributed by atoms with van der Waals surface area (Å²) in [7, 11) is 3.72. The van der Waals surface area contributed by atoms with Crippen molar-refractivity contribution in [2.24, 2.45) is 0 Å². The van der Waals surface area contributed by atoms with Crippen molar-refractivity contribution in [1.82, 2.24) is 4.90 Å². The Morgan fingerprint density at radius 2 is 2.17 bits per heavy atom. The van der Waals surface area contributed by atoms with Crippen LogP contribution in [0.3, 0.4) is 0 Å². The Morgan fingerprint density at radius 1 is 1.39 bits per heavy atom. The summed E-state index contributed by atoms with van der Waals surface area (Å²) in [6, 6.07) is 9.55. The monoisotopic (exact) mass is 283 g/mol. The Labute approximate surface area is 116 Å². The minimum Gasteiger partial charge on any atom is -0.410 e. The van der Waals surface area contributed by atoms with Gasteiger partial charge in [-0.2, -0.15) is 0 Å². The van der Waals surface area contributed by atoms with Crippen molar-refractivity contribution in [3.63, 3.8) is 0 Å². The molecule has 98 valence electrons. The molecule has 1 aliphatic heterocycles. The number of nitrogens with zero attached hydrogens (tertiary/aromatic N) is 1. The van der Waals surface area contributed by atoms with Gasteiger partial charge in [0.05, 0.1) is 0 Å². The standard InChI is InChI=1S/C13H17NO2S2/c1-2-14(11-8-9-17-18-10-11)13(15)16-12-6-4-3-5-7-12/h3-7,11H,2,8-10H2,1H3. The second-order valence-electron chi connectivity index (χ2n) is 4.02. The number of benzene rings is 1. The fraction of sp³-hybridized carbons (Fsp3) is 0.462. The summed E-state index contributed by atoms with van der Waals surface area (Å²) in [6.07, 6.45) is 0.816. The summed E-state index contributed by atoms with van der Waals surface area (Å²) in [5.41, 5.74) is 0. The molecule has 1 fully saturated rings. The molecule has 1 heterocycles. The summed E-state index contributed by atoms with van der Waals surface area (Å²) in [5, 5.41) is 0. The van der Waals surface area contributed by atoms with Crippen molar-refractivity contribution in [2.75, 3.05) is 18.1 Å². The molecule has 18 heavy (non-hydrogen) atoms. The van der Waals surface area contributed by atoms with Crippen LogP contribution >= 0.6 is 21.6 Å². The molecule has 0 aliphatic carbocycles. The molecule has 0 aromatic heterocycles. The molecule has 1 atom stereocenters. The number of hydrogen-bond acceptors (Lipinski definition) is 4. The van der Waals surface area contributed by atoms with Gasteiger partial charge < -0.3 is 9.64 Å². The van der Waals surface area contributed by atoms with Gasteiger partial charge in [0.1, 0.15) is 5.75 Å². The Bertz CT molecular complexity index is 380. The molecule has 1 aromatic rings. The van der Waals surface area contributed by atoms with Gasteiger partial charge >= 0.3 is 6.09 Å². The highest BCUT2D eigenvalue weighted by molar-refractivity contribution is 8.76. The van der Waals surface area contributed by atoms with E-state index in [0.29, 0.717) is 18.3 Å². The van der Waals surface area contributed by atoms with Crippen LogP contribution in [0.5, 0.6) is 5.75 Å². The predicted octanol–water partition coefficient (Wildman–Crippen LogP) is 3.66. The van der Waals surface area contributed by atoms with Crippen molar-refractivity contribution < 1.29 is 9.53 Å². The van der Waals surface area contributed by atoms with Crippen LogP contribution in [-0.2, 0) is 0 Å².